The number of hydrogen-bond acceptors (Lipinski definition) is 5. The van der Waals surface area contributed by atoms with E-state index in [1.54, 1.807) is 7.11 Å². The zero-order chi connectivity index (χ0) is 22.7. The van der Waals surface area contributed by atoms with Gasteiger partial charge in [-0.3, -0.25) is 4.99 Å². The van der Waals surface area contributed by atoms with Crippen LogP contribution in [0, 0.1) is 5.92 Å². The van der Waals surface area contributed by atoms with Crippen LogP contribution in [0.5, 0.6) is 0 Å². The molecular formula is C23H45IN4O4. The Morgan fingerprint density at radius 3 is 2.22 bits per heavy atom. The highest BCUT2D eigenvalue weighted by molar-refractivity contribution is 14.0. The molecule has 188 valence electrons. The van der Waals surface area contributed by atoms with Gasteiger partial charge in [0.15, 0.2) is 5.96 Å². The van der Waals surface area contributed by atoms with Crippen molar-refractivity contribution in [3.05, 3.63) is 0 Å². The summed E-state index contributed by atoms with van der Waals surface area (Å²) in [4.78, 5) is 21.4. The lowest BCUT2D eigenvalue weighted by atomic mass is 9.97. The third kappa shape index (κ3) is 10.9. The van der Waals surface area contributed by atoms with E-state index in [2.05, 4.69) is 17.1 Å². The second-order valence-corrected chi connectivity index (χ2v) is 9.51. The van der Waals surface area contributed by atoms with Crippen LogP contribution < -0.4 is 5.32 Å². The first-order chi connectivity index (χ1) is 14.8. The molecule has 2 saturated heterocycles. The van der Waals surface area contributed by atoms with Crippen LogP contribution in [0.1, 0.15) is 59.8 Å². The molecule has 0 unspecified atom stereocenters. The van der Waals surface area contributed by atoms with Gasteiger partial charge in [-0.1, -0.05) is 0 Å². The summed E-state index contributed by atoms with van der Waals surface area (Å²) in [5, 5.41) is 3.45. The molecule has 1 N–H and O–H groups in total. The molecule has 2 heterocycles. The second-order valence-electron chi connectivity index (χ2n) is 9.51. The monoisotopic (exact) mass is 568 g/mol. The molecule has 32 heavy (non-hydrogen) atoms. The minimum absolute atomic E-state index is 0. The number of nitrogens with zero attached hydrogens (tertiary/aromatic N) is 3. The number of likely N-dealkylation sites (tertiary alicyclic amines) is 2. The smallest absolute Gasteiger partial charge is 0.410 e. The summed E-state index contributed by atoms with van der Waals surface area (Å²) in [6.07, 6.45) is 5.10. The molecular weight excluding hydrogens is 523 g/mol. The second kappa shape index (κ2) is 15.2. The first-order valence-corrected chi connectivity index (χ1v) is 11.9. The van der Waals surface area contributed by atoms with Gasteiger partial charge in [-0.15, -0.1) is 24.0 Å². The van der Waals surface area contributed by atoms with E-state index < -0.39 is 5.60 Å². The topological polar surface area (TPSA) is 75.6 Å². The fourth-order valence-electron chi connectivity index (χ4n) is 3.95. The Kier molecular flexibility index (Phi) is 13.8. The van der Waals surface area contributed by atoms with Crippen LogP contribution in [-0.2, 0) is 14.2 Å². The summed E-state index contributed by atoms with van der Waals surface area (Å²) < 4.78 is 16.6. The van der Waals surface area contributed by atoms with E-state index >= 15 is 0 Å². The third-order valence-corrected chi connectivity index (χ3v) is 5.69. The van der Waals surface area contributed by atoms with Gasteiger partial charge in [0.05, 0.1) is 6.10 Å². The Hall–Kier alpha value is -0.810. The van der Waals surface area contributed by atoms with Crippen LogP contribution in [0.2, 0.25) is 0 Å². The van der Waals surface area contributed by atoms with Gasteiger partial charge in [-0.2, -0.15) is 0 Å². The van der Waals surface area contributed by atoms with Gasteiger partial charge in [-0.05, 0) is 65.7 Å². The molecule has 9 heteroatoms. The molecule has 0 radical (unpaired) electrons. The third-order valence-electron chi connectivity index (χ3n) is 5.69. The molecule has 0 aromatic heterocycles. The number of carbonyl (C=O) groups excluding carboxylic acids is 1. The number of aliphatic imine (C=N–C) groups is 1. The Morgan fingerprint density at radius 2 is 1.66 bits per heavy atom. The number of halogens is 1. The lowest BCUT2D eigenvalue weighted by Crippen LogP contribution is -2.47. The molecule has 0 atom stereocenters. The van der Waals surface area contributed by atoms with E-state index in [-0.39, 0.29) is 30.1 Å². The van der Waals surface area contributed by atoms with E-state index in [1.807, 2.05) is 25.7 Å². The van der Waals surface area contributed by atoms with E-state index in [0.717, 1.165) is 90.5 Å². The molecule has 2 fully saturated rings. The van der Waals surface area contributed by atoms with E-state index in [4.69, 9.17) is 19.2 Å². The largest absolute Gasteiger partial charge is 0.444 e. The van der Waals surface area contributed by atoms with Crippen LogP contribution in [0.15, 0.2) is 4.99 Å². The van der Waals surface area contributed by atoms with E-state index in [0.29, 0.717) is 12.0 Å². The van der Waals surface area contributed by atoms with Gasteiger partial charge in [0.2, 0.25) is 0 Å². The highest BCUT2D eigenvalue weighted by atomic mass is 127. The van der Waals surface area contributed by atoms with Crippen molar-refractivity contribution in [2.45, 2.75) is 71.5 Å². The predicted octanol–water partition coefficient (Wildman–Crippen LogP) is 3.73. The predicted molar refractivity (Wildman–Crippen MR) is 139 cm³/mol. The van der Waals surface area contributed by atoms with E-state index in [1.165, 1.54) is 0 Å². The minimum atomic E-state index is -0.443. The van der Waals surface area contributed by atoms with Crippen LogP contribution in [0.25, 0.3) is 0 Å². The SMILES string of the molecule is CCNC(=NCC1CCN(C(=O)OC(C)(C)C)CC1)N1CCC(OCCCOC)CC1.I. The molecule has 2 aliphatic heterocycles. The van der Waals surface area contributed by atoms with Gasteiger partial charge in [0, 0.05) is 59.6 Å². The molecule has 0 aliphatic carbocycles. The van der Waals surface area contributed by atoms with Crippen LogP contribution in [-0.4, -0.2) is 93.1 Å². The summed E-state index contributed by atoms with van der Waals surface area (Å²) in [6, 6.07) is 0. The lowest BCUT2D eigenvalue weighted by molar-refractivity contribution is 0.00978. The summed E-state index contributed by atoms with van der Waals surface area (Å²) in [7, 11) is 1.73. The number of nitrogens with one attached hydrogen (secondary N) is 1. The van der Waals surface area contributed by atoms with Crippen molar-refractivity contribution < 1.29 is 19.0 Å². The van der Waals surface area contributed by atoms with Crippen molar-refractivity contribution in [1.82, 2.24) is 15.1 Å². The average Bonchev–Trinajstić information content (AvgIpc) is 2.74. The molecule has 0 saturated carbocycles. The van der Waals surface area contributed by atoms with Crippen molar-refractivity contribution in [1.29, 1.82) is 0 Å². The van der Waals surface area contributed by atoms with Gasteiger partial charge < -0.3 is 29.3 Å². The van der Waals surface area contributed by atoms with Crippen molar-refractivity contribution in [2.24, 2.45) is 10.9 Å². The minimum Gasteiger partial charge on any atom is -0.444 e. The zero-order valence-corrected chi connectivity index (χ0v) is 23.1. The average molecular weight is 569 g/mol. The summed E-state index contributed by atoms with van der Waals surface area (Å²) in [5.41, 5.74) is -0.443. The number of amides is 1. The molecule has 0 spiro atoms. The van der Waals surface area contributed by atoms with Crippen LogP contribution >= 0.6 is 24.0 Å². The number of guanidine groups is 1. The quantitative estimate of drug-likeness (QED) is 0.208. The Balaban J connectivity index is 0.00000512. The van der Waals surface area contributed by atoms with Gasteiger partial charge in [-0.25, -0.2) is 4.79 Å². The first-order valence-electron chi connectivity index (χ1n) is 11.9. The standard InChI is InChI=1S/C23H44N4O4.HI/c1-6-24-21(26-14-10-20(11-15-26)30-17-7-16-29-5)25-18-19-8-12-27(13-9-19)22(28)31-23(2,3)4;/h19-20H,6-18H2,1-5H3,(H,24,25);1H. The molecule has 2 aliphatic rings. The fourth-order valence-corrected chi connectivity index (χ4v) is 3.95. The van der Waals surface area contributed by atoms with Gasteiger partial charge >= 0.3 is 6.09 Å². The maximum atomic E-state index is 12.2. The summed E-state index contributed by atoms with van der Waals surface area (Å²) >= 11 is 0. The number of methoxy groups -OCH3 is 1. The number of carbonyl (C=O) groups is 1. The van der Waals surface area contributed by atoms with Crippen molar-refractivity contribution in [3.8, 4) is 0 Å². The Bertz CT molecular complexity index is 555. The summed E-state index contributed by atoms with van der Waals surface area (Å²) in [6.45, 7) is 14.5. The molecule has 8 nitrogen and oxygen atoms in total. The Morgan fingerprint density at radius 1 is 1.03 bits per heavy atom. The molecule has 0 bridgehead atoms. The molecule has 0 aromatic carbocycles. The number of rotatable bonds is 8. The van der Waals surface area contributed by atoms with Gasteiger partial charge in [0.1, 0.15) is 5.60 Å². The van der Waals surface area contributed by atoms with Gasteiger partial charge in [0.25, 0.3) is 0 Å². The first kappa shape index (κ1) is 29.2. The molecule has 0 aromatic rings. The maximum Gasteiger partial charge on any atom is 0.410 e. The van der Waals surface area contributed by atoms with Crippen molar-refractivity contribution in [2.75, 3.05) is 59.6 Å². The van der Waals surface area contributed by atoms with E-state index in [9.17, 15) is 4.79 Å². The highest BCUT2D eigenvalue weighted by Crippen LogP contribution is 2.20. The maximum absolute atomic E-state index is 12.2. The fraction of sp³-hybridized carbons (Fsp3) is 0.913. The number of ether oxygens (including phenoxy) is 3. The number of piperidine rings is 2. The zero-order valence-electron chi connectivity index (χ0n) is 20.7. The van der Waals surface area contributed by atoms with Crippen LogP contribution in [0.3, 0.4) is 0 Å². The Labute approximate surface area is 211 Å². The highest BCUT2D eigenvalue weighted by Gasteiger charge is 2.27. The molecule has 2 rings (SSSR count). The number of hydrogen-bond donors (Lipinski definition) is 1. The lowest BCUT2D eigenvalue weighted by Gasteiger charge is -2.35. The normalized spacial score (nSPS) is 19.0. The summed E-state index contributed by atoms with van der Waals surface area (Å²) in [5.74, 6) is 1.52. The van der Waals surface area contributed by atoms with Crippen molar-refractivity contribution >= 4 is 36.0 Å². The molecule has 1 amide bonds. The van der Waals surface area contributed by atoms with Crippen molar-refractivity contribution in [3.63, 3.8) is 0 Å². The van der Waals surface area contributed by atoms with Crippen LogP contribution in [0.4, 0.5) is 4.79 Å².